The molecule has 1 aliphatic heterocycles. The Morgan fingerprint density at radius 1 is 1.19 bits per heavy atom. The van der Waals surface area contributed by atoms with Gasteiger partial charge >= 0.3 is 5.97 Å². The average Bonchev–Trinajstić information content (AvgIpc) is 3.27. The fourth-order valence-corrected chi connectivity index (χ4v) is 5.00. The van der Waals surface area contributed by atoms with E-state index in [0.717, 1.165) is 31.2 Å². The lowest BCUT2D eigenvalue weighted by Crippen LogP contribution is -2.46. The number of carboxylic acids is 1. The third-order valence-corrected chi connectivity index (χ3v) is 6.31. The minimum absolute atomic E-state index is 0.00618. The molecule has 2 aliphatic rings. The molecule has 1 amide bonds. The van der Waals surface area contributed by atoms with Crippen molar-refractivity contribution < 1.29 is 19.1 Å². The predicted molar refractivity (Wildman–Crippen MR) is 95.5 cm³/mol. The maximum absolute atomic E-state index is 13.1. The zero-order valence-corrected chi connectivity index (χ0v) is 14.9. The Balaban J connectivity index is 1.61. The lowest BCUT2D eigenvalue weighted by Gasteiger charge is -2.32. The Bertz CT molecular complexity index is 836. The molecule has 2 heterocycles. The van der Waals surface area contributed by atoms with E-state index in [-0.39, 0.29) is 29.4 Å². The molecule has 5 nitrogen and oxygen atoms in total. The second kappa shape index (κ2) is 6.79. The van der Waals surface area contributed by atoms with Crippen LogP contribution in [0.3, 0.4) is 0 Å². The second-order valence-corrected chi connectivity index (χ2v) is 7.82. The Kier molecular flexibility index (Phi) is 4.48. The first-order chi connectivity index (χ1) is 12.5. The van der Waals surface area contributed by atoms with Gasteiger partial charge in [0.2, 0.25) is 0 Å². The van der Waals surface area contributed by atoms with E-state index in [9.17, 15) is 19.1 Å². The molecule has 2 fully saturated rings. The van der Waals surface area contributed by atoms with Crippen molar-refractivity contribution in [2.24, 2.45) is 5.92 Å². The minimum atomic E-state index is -0.943. The number of fused-ring (bicyclic) bond motifs is 1. The molecule has 2 aromatic rings. The molecule has 1 aromatic carbocycles. The Morgan fingerprint density at radius 3 is 2.65 bits per heavy atom. The van der Waals surface area contributed by atoms with Crippen LogP contribution in [-0.2, 0) is 4.79 Å². The largest absolute Gasteiger partial charge is 0.480 e. The SMILES string of the molecule is O=C(O)C1CC2CCCCC2N1C(=O)c1csc(-c2ccc(F)cc2)n1. The van der Waals surface area contributed by atoms with Crippen LogP contribution in [0.2, 0.25) is 0 Å². The third-order valence-electron chi connectivity index (χ3n) is 5.42. The zero-order valence-electron chi connectivity index (χ0n) is 14.1. The summed E-state index contributed by atoms with van der Waals surface area (Å²) < 4.78 is 13.1. The molecule has 1 saturated heterocycles. The number of rotatable bonds is 3. The number of benzene rings is 1. The summed E-state index contributed by atoms with van der Waals surface area (Å²) in [7, 11) is 0. The van der Waals surface area contributed by atoms with E-state index in [1.54, 1.807) is 22.4 Å². The van der Waals surface area contributed by atoms with Gasteiger partial charge in [-0.15, -0.1) is 11.3 Å². The van der Waals surface area contributed by atoms with Crippen LogP contribution in [-0.4, -0.2) is 39.0 Å². The van der Waals surface area contributed by atoms with Crippen molar-refractivity contribution in [2.45, 2.75) is 44.2 Å². The van der Waals surface area contributed by atoms with Gasteiger partial charge in [-0.05, 0) is 49.4 Å². The zero-order chi connectivity index (χ0) is 18.3. The molecule has 136 valence electrons. The van der Waals surface area contributed by atoms with E-state index in [1.807, 2.05) is 0 Å². The van der Waals surface area contributed by atoms with Crippen LogP contribution in [0, 0.1) is 11.7 Å². The van der Waals surface area contributed by atoms with Gasteiger partial charge in [0.05, 0.1) is 0 Å². The van der Waals surface area contributed by atoms with E-state index >= 15 is 0 Å². The van der Waals surface area contributed by atoms with Gasteiger partial charge in [0, 0.05) is 17.0 Å². The summed E-state index contributed by atoms with van der Waals surface area (Å²) in [5.41, 5.74) is 1.01. The molecule has 7 heteroatoms. The Labute approximate surface area is 154 Å². The summed E-state index contributed by atoms with van der Waals surface area (Å²) in [5.74, 6) is -1.31. The molecule has 3 unspecified atom stereocenters. The number of carboxylic acid groups (broad SMARTS) is 1. The summed E-state index contributed by atoms with van der Waals surface area (Å²) >= 11 is 1.31. The molecule has 1 N–H and O–H groups in total. The molecule has 1 aliphatic carbocycles. The van der Waals surface area contributed by atoms with Crippen LogP contribution >= 0.6 is 11.3 Å². The number of aromatic nitrogens is 1. The molecule has 0 spiro atoms. The van der Waals surface area contributed by atoms with Crippen molar-refractivity contribution in [1.29, 1.82) is 0 Å². The fourth-order valence-electron chi connectivity index (χ4n) is 4.20. The van der Waals surface area contributed by atoms with Gasteiger partial charge in [-0.1, -0.05) is 12.8 Å². The number of hydrogen-bond acceptors (Lipinski definition) is 4. The second-order valence-electron chi connectivity index (χ2n) is 6.96. The molecule has 0 bridgehead atoms. The van der Waals surface area contributed by atoms with E-state index in [4.69, 9.17) is 0 Å². The molecule has 4 rings (SSSR count). The summed E-state index contributed by atoms with van der Waals surface area (Å²) in [6.07, 6.45) is 4.49. The first kappa shape index (κ1) is 17.1. The number of nitrogens with zero attached hydrogens (tertiary/aromatic N) is 2. The summed E-state index contributed by atoms with van der Waals surface area (Å²) in [4.78, 5) is 30.7. The van der Waals surface area contributed by atoms with E-state index < -0.39 is 12.0 Å². The van der Waals surface area contributed by atoms with E-state index in [1.165, 1.54) is 23.5 Å². The maximum Gasteiger partial charge on any atom is 0.326 e. The van der Waals surface area contributed by atoms with Crippen LogP contribution in [0.1, 0.15) is 42.6 Å². The average molecular weight is 374 g/mol. The first-order valence-electron chi connectivity index (χ1n) is 8.81. The van der Waals surface area contributed by atoms with Crippen LogP contribution in [0.5, 0.6) is 0 Å². The number of likely N-dealkylation sites (tertiary alicyclic amines) is 1. The summed E-state index contributed by atoms with van der Waals surface area (Å²) in [6.45, 7) is 0. The van der Waals surface area contributed by atoms with Crippen molar-refractivity contribution in [2.75, 3.05) is 0 Å². The molecular formula is C19H19FN2O3S. The fraction of sp³-hybridized carbons (Fsp3) is 0.421. The van der Waals surface area contributed by atoms with Crippen LogP contribution in [0.4, 0.5) is 4.39 Å². The molecule has 3 atom stereocenters. The number of thiazole rings is 1. The Morgan fingerprint density at radius 2 is 1.92 bits per heavy atom. The first-order valence-corrected chi connectivity index (χ1v) is 9.69. The van der Waals surface area contributed by atoms with Gasteiger partial charge in [-0.2, -0.15) is 0 Å². The van der Waals surface area contributed by atoms with Gasteiger partial charge in [0.1, 0.15) is 22.6 Å². The number of hydrogen-bond donors (Lipinski definition) is 1. The highest BCUT2D eigenvalue weighted by molar-refractivity contribution is 7.13. The van der Waals surface area contributed by atoms with Crippen molar-refractivity contribution >= 4 is 23.2 Å². The smallest absolute Gasteiger partial charge is 0.326 e. The number of carbonyl (C=O) groups is 2. The highest BCUT2D eigenvalue weighted by atomic mass is 32.1. The van der Waals surface area contributed by atoms with Crippen LogP contribution < -0.4 is 0 Å². The van der Waals surface area contributed by atoms with Gasteiger partial charge < -0.3 is 10.0 Å². The van der Waals surface area contributed by atoms with Crippen LogP contribution in [0.15, 0.2) is 29.6 Å². The van der Waals surface area contributed by atoms with Gasteiger partial charge in [-0.25, -0.2) is 14.2 Å². The summed E-state index contributed by atoms with van der Waals surface area (Å²) in [5, 5.41) is 11.9. The number of carbonyl (C=O) groups excluding carboxylic acids is 1. The normalized spacial score (nSPS) is 25.1. The predicted octanol–water partition coefficient (Wildman–Crippen LogP) is 3.81. The topological polar surface area (TPSA) is 70.5 Å². The monoisotopic (exact) mass is 374 g/mol. The molecule has 0 radical (unpaired) electrons. The molecule has 26 heavy (non-hydrogen) atoms. The van der Waals surface area contributed by atoms with Crippen molar-refractivity contribution in [3.8, 4) is 10.6 Å². The van der Waals surface area contributed by atoms with Gasteiger partial charge in [-0.3, -0.25) is 4.79 Å². The van der Waals surface area contributed by atoms with Gasteiger partial charge in [0.15, 0.2) is 0 Å². The number of amides is 1. The highest BCUT2D eigenvalue weighted by Gasteiger charge is 2.48. The lowest BCUT2D eigenvalue weighted by molar-refractivity contribution is -0.141. The van der Waals surface area contributed by atoms with Crippen molar-refractivity contribution in [3.05, 3.63) is 41.2 Å². The molecular weight excluding hydrogens is 355 g/mol. The standard InChI is InChI=1S/C19H19FN2O3S/c20-13-7-5-11(6-8-13)17-21-14(10-26-17)18(23)22-15-4-2-1-3-12(15)9-16(22)19(24)25/h5-8,10,12,15-16H,1-4,9H2,(H,24,25). The third kappa shape index (κ3) is 3.00. The van der Waals surface area contributed by atoms with Crippen molar-refractivity contribution in [1.82, 2.24) is 9.88 Å². The summed E-state index contributed by atoms with van der Waals surface area (Å²) in [6, 6.07) is 5.17. The highest BCUT2D eigenvalue weighted by Crippen LogP contribution is 2.40. The number of halogens is 1. The molecule has 1 saturated carbocycles. The maximum atomic E-state index is 13.1. The van der Waals surface area contributed by atoms with Gasteiger partial charge in [0.25, 0.3) is 5.91 Å². The van der Waals surface area contributed by atoms with Crippen LogP contribution in [0.25, 0.3) is 10.6 Å². The quantitative estimate of drug-likeness (QED) is 0.887. The van der Waals surface area contributed by atoms with E-state index in [0.29, 0.717) is 11.4 Å². The Hall–Kier alpha value is -2.28. The molecule has 1 aromatic heterocycles. The lowest BCUT2D eigenvalue weighted by atomic mass is 9.84. The van der Waals surface area contributed by atoms with Crippen molar-refractivity contribution in [3.63, 3.8) is 0 Å². The minimum Gasteiger partial charge on any atom is -0.480 e. The van der Waals surface area contributed by atoms with E-state index in [2.05, 4.69) is 4.98 Å². The number of aliphatic carboxylic acids is 1.